The van der Waals surface area contributed by atoms with Crippen molar-refractivity contribution in [3.63, 3.8) is 0 Å². The molecule has 0 atom stereocenters. The minimum absolute atomic E-state index is 0.113. The molecule has 2 aromatic carbocycles. The lowest BCUT2D eigenvalue weighted by Gasteiger charge is -2.37. The highest BCUT2D eigenvalue weighted by atomic mass is 19.1. The number of hydrogen-bond donors (Lipinski definition) is 2. The van der Waals surface area contributed by atoms with Gasteiger partial charge in [-0.1, -0.05) is 24.3 Å². The molecule has 2 heterocycles. The van der Waals surface area contributed by atoms with Gasteiger partial charge in [0.15, 0.2) is 5.96 Å². The summed E-state index contributed by atoms with van der Waals surface area (Å²) in [6.45, 7) is 2.35. The van der Waals surface area contributed by atoms with Crippen molar-refractivity contribution >= 4 is 22.9 Å². The Bertz CT molecular complexity index is 972. The van der Waals surface area contributed by atoms with Crippen LogP contribution >= 0.6 is 0 Å². The van der Waals surface area contributed by atoms with E-state index < -0.39 is 0 Å². The Kier molecular flexibility index (Phi) is 4.90. The van der Waals surface area contributed by atoms with Gasteiger partial charge in [-0.15, -0.1) is 0 Å². The van der Waals surface area contributed by atoms with Gasteiger partial charge in [-0.25, -0.2) is 9.37 Å². The number of piperidine rings is 1. The Hall–Kier alpha value is -3.09. The number of imidazole rings is 1. The van der Waals surface area contributed by atoms with Gasteiger partial charge in [0.05, 0.1) is 17.6 Å². The van der Waals surface area contributed by atoms with Gasteiger partial charge in [0.2, 0.25) is 5.95 Å². The molecular formula is C21H25FN6. The number of aromatic nitrogens is 2. The van der Waals surface area contributed by atoms with Crippen LogP contribution in [0.25, 0.3) is 11.0 Å². The fourth-order valence-electron chi connectivity index (χ4n) is 3.88. The molecule has 28 heavy (non-hydrogen) atoms. The quantitative estimate of drug-likeness (QED) is 0.539. The number of anilines is 1. The van der Waals surface area contributed by atoms with Gasteiger partial charge in [-0.2, -0.15) is 0 Å². The molecule has 0 radical (unpaired) electrons. The Morgan fingerprint density at radius 2 is 1.86 bits per heavy atom. The van der Waals surface area contributed by atoms with E-state index in [1.54, 1.807) is 0 Å². The molecule has 0 amide bonds. The van der Waals surface area contributed by atoms with E-state index in [1.807, 2.05) is 42.3 Å². The third-order valence-electron chi connectivity index (χ3n) is 5.56. The standard InChI is InChI=1S/C21H25FN6/c1-26(20(23)24)17-10-12-27(13-11-17)21-25-18-4-2-3-5-19(18)28(21)14-15-6-8-16(22)9-7-15/h2-9,17H,10-14H2,1H3,(H3,23,24). The smallest absolute Gasteiger partial charge is 0.206 e. The topological polar surface area (TPSA) is 74.2 Å². The average Bonchev–Trinajstić information content (AvgIpc) is 3.07. The second kappa shape index (κ2) is 7.50. The zero-order chi connectivity index (χ0) is 19.7. The third-order valence-corrected chi connectivity index (χ3v) is 5.56. The Balaban J connectivity index is 1.62. The summed E-state index contributed by atoms with van der Waals surface area (Å²) in [5.74, 6) is 0.826. The molecule has 3 aromatic rings. The number of rotatable bonds is 4. The number of nitrogens with zero attached hydrogens (tertiary/aromatic N) is 4. The van der Waals surface area contributed by atoms with Crippen LogP contribution in [0.5, 0.6) is 0 Å². The number of guanidine groups is 1. The maximum atomic E-state index is 13.3. The van der Waals surface area contributed by atoms with Crippen LogP contribution in [-0.2, 0) is 6.54 Å². The largest absolute Gasteiger partial charge is 0.370 e. The van der Waals surface area contributed by atoms with Crippen LogP contribution in [0.1, 0.15) is 18.4 Å². The molecule has 1 saturated heterocycles. The molecule has 6 nitrogen and oxygen atoms in total. The van der Waals surface area contributed by atoms with E-state index in [9.17, 15) is 4.39 Å². The van der Waals surface area contributed by atoms with Gasteiger partial charge in [0.25, 0.3) is 0 Å². The van der Waals surface area contributed by atoms with E-state index in [2.05, 4.69) is 15.5 Å². The molecule has 0 aliphatic carbocycles. The molecule has 0 bridgehead atoms. The van der Waals surface area contributed by atoms with E-state index in [1.165, 1.54) is 12.1 Å². The van der Waals surface area contributed by atoms with Crippen LogP contribution in [-0.4, -0.2) is 46.6 Å². The Labute approximate surface area is 163 Å². The number of hydrogen-bond acceptors (Lipinski definition) is 3. The first kappa shape index (κ1) is 18.3. The highest BCUT2D eigenvalue weighted by Crippen LogP contribution is 2.27. The Morgan fingerprint density at radius 1 is 1.18 bits per heavy atom. The zero-order valence-electron chi connectivity index (χ0n) is 16.0. The summed E-state index contributed by atoms with van der Waals surface area (Å²) in [7, 11) is 1.88. The molecule has 0 unspecified atom stereocenters. The molecule has 0 spiro atoms. The molecule has 3 N–H and O–H groups in total. The number of halogens is 1. The third kappa shape index (κ3) is 3.52. The van der Waals surface area contributed by atoms with Gasteiger partial charge < -0.3 is 20.1 Å². The van der Waals surface area contributed by atoms with E-state index >= 15 is 0 Å². The van der Waals surface area contributed by atoms with Crippen molar-refractivity contribution in [2.45, 2.75) is 25.4 Å². The summed E-state index contributed by atoms with van der Waals surface area (Å²) in [6, 6.07) is 15.0. The van der Waals surface area contributed by atoms with Crippen LogP contribution in [0.15, 0.2) is 48.5 Å². The summed E-state index contributed by atoms with van der Waals surface area (Å²) in [5.41, 5.74) is 8.71. The maximum Gasteiger partial charge on any atom is 0.206 e. The lowest BCUT2D eigenvalue weighted by Crippen LogP contribution is -2.48. The molecule has 4 rings (SSSR count). The SMILES string of the molecule is CN(C(=N)N)C1CCN(c2nc3ccccc3n2Cc2ccc(F)cc2)CC1. The summed E-state index contributed by atoms with van der Waals surface area (Å²) in [4.78, 5) is 9.03. The molecule has 1 aliphatic rings. The van der Waals surface area contributed by atoms with Crippen LogP contribution in [0, 0.1) is 11.2 Å². The molecule has 0 saturated carbocycles. The maximum absolute atomic E-state index is 13.3. The first-order valence-corrected chi connectivity index (χ1v) is 9.54. The summed E-state index contributed by atoms with van der Waals surface area (Å²) >= 11 is 0. The molecular weight excluding hydrogens is 355 g/mol. The van der Waals surface area contributed by atoms with Gasteiger partial charge >= 0.3 is 0 Å². The predicted molar refractivity (Wildman–Crippen MR) is 110 cm³/mol. The van der Waals surface area contributed by atoms with E-state index in [0.29, 0.717) is 6.54 Å². The van der Waals surface area contributed by atoms with Crippen molar-refractivity contribution in [3.05, 3.63) is 59.9 Å². The van der Waals surface area contributed by atoms with Crippen LogP contribution < -0.4 is 10.6 Å². The summed E-state index contributed by atoms with van der Waals surface area (Å²) < 4.78 is 15.5. The molecule has 7 heteroatoms. The van der Waals surface area contributed by atoms with Crippen molar-refractivity contribution in [2.75, 3.05) is 25.0 Å². The highest BCUT2D eigenvalue weighted by molar-refractivity contribution is 5.79. The molecule has 1 aromatic heterocycles. The monoisotopic (exact) mass is 380 g/mol. The number of nitrogens with two attached hydrogens (primary N) is 1. The first-order valence-electron chi connectivity index (χ1n) is 9.54. The lowest BCUT2D eigenvalue weighted by molar-refractivity contribution is 0.300. The van der Waals surface area contributed by atoms with E-state index in [0.717, 1.165) is 48.5 Å². The lowest BCUT2D eigenvalue weighted by atomic mass is 10.0. The normalized spacial score (nSPS) is 15.1. The second-order valence-electron chi connectivity index (χ2n) is 7.33. The van der Waals surface area contributed by atoms with Crippen molar-refractivity contribution < 1.29 is 4.39 Å². The zero-order valence-corrected chi connectivity index (χ0v) is 16.0. The van der Waals surface area contributed by atoms with E-state index in [-0.39, 0.29) is 17.8 Å². The van der Waals surface area contributed by atoms with Crippen LogP contribution in [0.3, 0.4) is 0 Å². The predicted octanol–water partition coefficient (Wildman–Crippen LogP) is 3.02. The number of para-hydroxylation sites is 2. The minimum atomic E-state index is -0.226. The van der Waals surface area contributed by atoms with Gasteiger partial charge in [-0.05, 0) is 42.7 Å². The molecule has 1 aliphatic heterocycles. The number of nitrogens with one attached hydrogen (secondary N) is 1. The second-order valence-corrected chi connectivity index (χ2v) is 7.33. The molecule has 1 fully saturated rings. The number of fused-ring (bicyclic) bond motifs is 1. The highest BCUT2D eigenvalue weighted by Gasteiger charge is 2.26. The van der Waals surface area contributed by atoms with Crippen LogP contribution in [0.2, 0.25) is 0 Å². The fraction of sp³-hybridized carbons (Fsp3) is 0.333. The fourth-order valence-corrected chi connectivity index (χ4v) is 3.88. The molecule has 146 valence electrons. The number of benzene rings is 2. The van der Waals surface area contributed by atoms with Crippen LogP contribution in [0.4, 0.5) is 10.3 Å². The van der Waals surface area contributed by atoms with Crippen molar-refractivity contribution in [1.82, 2.24) is 14.5 Å². The van der Waals surface area contributed by atoms with Crippen molar-refractivity contribution in [3.8, 4) is 0 Å². The van der Waals surface area contributed by atoms with Gasteiger partial charge in [-0.3, -0.25) is 5.41 Å². The van der Waals surface area contributed by atoms with Crippen molar-refractivity contribution in [2.24, 2.45) is 5.73 Å². The Morgan fingerprint density at radius 3 is 2.54 bits per heavy atom. The first-order chi connectivity index (χ1) is 13.5. The minimum Gasteiger partial charge on any atom is -0.370 e. The summed E-state index contributed by atoms with van der Waals surface area (Å²) in [5, 5.41) is 7.65. The summed E-state index contributed by atoms with van der Waals surface area (Å²) in [6.07, 6.45) is 1.85. The average molecular weight is 380 g/mol. The van der Waals surface area contributed by atoms with Gasteiger partial charge in [0.1, 0.15) is 5.82 Å². The van der Waals surface area contributed by atoms with Crippen molar-refractivity contribution in [1.29, 1.82) is 5.41 Å². The van der Waals surface area contributed by atoms with E-state index in [4.69, 9.17) is 16.1 Å². The van der Waals surface area contributed by atoms with Gasteiger partial charge in [0, 0.05) is 26.2 Å².